The van der Waals surface area contributed by atoms with Crippen molar-refractivity contribution in [1.82, 2.24) is 5.32 Å². The van der Waals surface area contributed by atoms with E-state index in [1.165, 1.54) is 25.7 Å². The molecule has 1 fully saturated rings. The monoisotopic (exact) mass is 289 g/mol. The average molecular weight is 289 g/mol. The number of benzene rings is 1. The molecule has 3 atom stereocenters. The molecule has 0 bridgehead atoms. The summed E-state index contributed by atoms with van der Waals surface area (Å²) in [5, 5.41) is 6.04. The van der Waals surface area contributed by atoms with E-state index >= 15 is 0 Å². The zero-order valence-corrected chi connectivity index (χ0v) is 13.1. The molecular weight excluding hydrogens is 262 g/mol. The van der Waals surface area contributed by atoms with Gasteiger partial charge in [-0.2, -0.15) is 0 Å². The minimum absolute atomic E-state index is 0.0308. The maximum absolute atomic E-state index is 12.2. The molecule has 2 rings (SSSR count). The lowest BCUT2D eigenvalue weighted by Gasteiger charge is -2.23. The van der Waals surface area contributed by atoms with Crippen molar-refractivity contribution in [1.29, 1.82) is 0 Å². The van der Waals surface area contributed by atoms with Crippen molar-refractivity contribution >= 4 is 11.7 Å². The van der Waals surface area contributed by atoms with Gasteiger partial charge >= 0.3 is 6.03 Å². The Balaban J connectivity index is 1.93. The molecule has 0 aromatic heterocycles. The van der Waals surface area contributed by atoms with Gasteiger partial charge in [0.15, 0.2) is 0 Å². The fraction of sp³-hybridized carbons (Fsp3) is 0.588. The summed E-state index contributed by atoms with van der Waals surface area (Å²) in [6, 6.07) is 7.85. The van der Waals surface area contributed by atoms with Crippen molar-refractivity contribution in [2.75, 3.05) is 5.32 Å². The number of urea groups is 1. The topological polar surface area (TPSA) is 67.1 Å². The number of anilines is 1. The normalized spacial score (nSPS) is 24.0. The molecule has 1 aromatic rings. The summed E-state index contributed by atoms with van der Waals surface area (Å²) in [4.78, 5) is 12.2. The Morgan fingerprint density at radius 2 is 2.05 bits per heavy atom. The minimum atomic E-state index is -0.115. The van der Waals surface area contributed by atoms with Crippen LogP contribution in [0.1, 0.15) is 57.6 Å². The van der Waals surface area contributed by atoms with Gasteiger partial charge in [0.1, 0.15) is 0 Å². The minimum Gasteiger partial charge on any atom is -0.335 e. The highest BCUT2D eigenvalue weighted by Crippen LogP contribution is 2.23. The van der Waals surface area contributed by atoms with E-state index in [9.17, 15) is 4.79 Å². The van der Waals surface area contributed by atoms with Gasteiger partial charge in [-0.25, -0.2) is 4.79 Å². The van der Waals surface area contributed by atoms with Crippen LogP contribution in [0.15, 0.2) is 24.3 Å². The molecule has 2 amide bonds. The number of carbonyl (C=O) groups is 1. The maximum atomic E-state index is 12.2. The molecule has 3 unspecified atom stereocenters. The van der Waals surface area contributed by atoms with E-state index in [0.717, 1.165) is 17.7 Å². The summed E-state index contributed by atoms with van der Waals surface area (Å²) in [7, 11) is 0. The highest BCUT2D eigenvalue weighted by molar-refractivity contribution is 5.89. The van der Waals surface area contributed by atoms with Crippen LogP contribution in [0.5, 0.6) is 0 Å². The molecule has 1 aliphatic rings. The predicted octanol–water partition coefficient (Wildman–Crippen LogP) is 3.80. The fourth-order valence-corrected chi connectivity index (χ4v) is 2.94. The number of carbonyl (C=O) groups excluding carboxylic acids is 1. The summed E-state index contributed by atoms with van der Waals surface area (Å²) >= 11 is 0. The number of amides is 2. The average Bonchev–Trinajstić information content (AvgIpc) is 2.64. The Labute approximate surface area is 127 Å². The second kappa shape index (κ2) is 7.46. The first-order valence-corrected chi connectivity index (χ1v) is 7.99. The van der Waals surface area contributed by atoms with Crippen LogP contribution in [-0.4, -0.2) is 12.1 Å². The first-order valence-electron chi connectivity index (χ1n) is 7.99. The zero-order chi connectivity index (χ0) is 15.2. The molecule has 0 radical (unpaired) electrons. The van der Waals surface area contributed by atoms with Gasteiger partial charge < -0.3 is 16.4 Å². The SMILES string of the molecule is CC(N)c1cccc(NC(=O)NC2CCCCCC2C)c1. The van der Waals surface area contributed by atoms with Gasteiger partial charge in [0.2, 0.25) is 0 Å². The number of hydrogen-bond acceptors (Lipinski definition) is 2. The van der Waals surface area contributed by atoms with Crippen LogP contribution >= 0.6 is 0 Å². The highest BCUT2D eigenvalue weighted by Gasteiger charge is 2.21. The number of rotatable bonds is 3. The van der Waals surface area contributed by atoms with E-state index in [4.69, 9.17) is 5.73 Å². The van der Waals surface area contributed by atoms with Crippen molar-refractivity contribution in [3.8, 4) is 0 Å². The summed E-state index contributed by atoms with van der Waals surface area (Å²) in [5.41, 5.74) is 7.69. The van der Waals surface area contributed by atoms with Gasteiger partial charge in [0.05, 0.1) is 0 Å². The molecule has 4 nitrogen and oxygen atoms in total. The molecule has 1 aliphatic carbocycles. The summed E-state index contributed by atoms with van der Waals surface area (Å²) < 4.78 is 0. The summed E-state index contributed by atoms with van der Waals surface area (Å²) in [6.45, 7) is 4.17. The lowest BCUT2D eigenvalue weighted by atomic mass is 9.97. The van der Waals surface area contributed by atoms with E-state index in [0.29, 0.717) is 5.92 Å². The maximum Gasteiger partial charge on any atom is 0.319 e. The van der Waals surface area contributed by atoms with Gasteiger partial charge in [0.25, 0.3) is 0 Å². The Bertz CT molecular complexity index is 473. The van der Waals surface area contributed by atoms with Gasteiger partial charge in [-0.15, -0.1) is 0 Å². The van der Waals surface area contributed by atoms with Crippen molar-refractivity contribution in [2.24, 2.45) is 11.7 Å². The molecule has 21 heavy (non-hydrogen) atoms. The number of hydrogen-bond donors (Lipinski definition) is 3. The quantitative estimate of drug-likeness (QED) is 0.741. The van der Waals surface area contributed by atoms with Crippen molar-refractivity contribution < 1.29 is 4.79 Å². The molecule has 1 saturated carbocycles. The van der Waals surface area contributed by atoms with Crippen molar-refractivity contribution in [3.05, 3.63) is 29.8 Å². The van der Waals surface area contributed by atoms with Gasteiger partial charge in [-0.3, -0.25) is 0 Å². The Morgan fingerprint density at radius 1 is 1.29 bits per heavy atom. The van der Waals surface area contributed by atoms with Crippen LogP contribution in [0.25, 0.3) is 0 Å². The first kappa shape index (κ1) is 15.8. The molecule has 0 aliphatic heterocycles. The van der Waals surface area contributed by atoms with E-state index < -0.39 is 0 Å². The van der Waals surface area contributed by atoms with Gasteiger partial charge in [-0.05, 0) is 43.4 Å². The van der Waals surface area contributed by atoms with E-state index in [-0.39, 0.29) is 18.1 Å². The van der Waals surface area contributed by atoms with Crippen molar-refractivity contribution in [3.63, 3.8) is 0 Å². The third kappa shape index (κ3) is 4.74. The van der Waals surface area contributed by atoms with E-state index in [2.05, 4.69) is 17.6 Å². The molecule has 0 spiro atoms. The molecular formula is C17H27N3O. The van der Waals surface area contributed by atoms with Crippen LogP contribution in [0.2, 0.25) is 0 Å². The molecule has 1 aromatic carbocycles. The zero-order valence-electron chi connectivity index (χ0n) is 13.1. The van der Waals surface area contributed by atoms with Gasteiger partial charge in [-0.1, -0.05) is 38.3 Å². The predicted molar refractivity (Wildman–Crippen MR) is 87.2 cm³/mol. The Kier molecular flexibility index (Phi) is 5.62. The second-order valence-corrected chi connectivity index (χ2v) is 6.23. The van der Waals surface area contributed by atoms with Crippen LogP contribution in [0, 0.1) is 5.92 Å². The highest BCUT2D eigenvalue weighted by atomic mass is 16.2. The standard InChI is InChI=1S/C17H27N3O/c1-12-7-4-3-5-10-16(12)20-17(21)19-15-9-6-8-14(11-15)13(2)18/h6,8-9,11-13,16H,3-5,7,10,18H2,1-2H3,(H2,19,20,21). The van der Waals surface area contributed by atoms with E-state index in [1.807, 2.05) is 31.2 Å². The third-order valence-electron chi connectivity index (χ3n) is 4.35. The fourth-order valence-electron chi connectivity index (χ4n) is 2.94. The van der Waals surface area contributed by atoms with Crippen LogP contribution in [0.3, 0.4) is 0 Å². The molecule has 4 heteroatoms. The number of nitrogens with two attached hydrogens (primary N) is 1. The first-order chi connectivity index (χ1) is 10.1. The van der Waals surface area contributed by atoms with Crippen LogP contribution < -0.4 is 16.4 Å². The third-order valence-corrected chi connectivity index (χ3v) is 4.35. The second-order valence-electron chi connectivity index (χ2n) is 6.23. The van der Waals surface area contributed by atoms with Gasteiger partial charge in [0, 0.05) is 17.8 Å². The van der Waals surface area contributed by atoms with Crippen molar-refractivity contribution in [2.45, 2.75) is 58.0 Å². The molecule has 116 valence electrons. The largest absolute Gasteiger partial charge is 0.335 e. The molecule has 0 saturated heterocycles. The Morgan fingerprint density at radius 3 is 2.81 bits per heavy atom. The summed E-state index contributed by atoms with van der Waals surface area (Å²) in [6.07, 6.45) is 6.03. The molecule has 0 heterocycles. The van der Waals surface area contributed by atoms with Crippen LogP contribution in [-0.2, 0) is 0 Å². The number of nitrogens with one attached hydrogen (secondary N) is 2. The summed E-state index contributed by atoms with van der Waals surface area (Å²) in [5.74, 6) is 0.550. The lowest BCUT2D eigenvalue weighted by molar-refractivity contribution is 0.242. The molecule has 4 N–H and O–H groups in total. The smallest absolute Gasteiger partial charge is 0.319 e. The lowest BCUT2D eigenvalue weighted by Crippen LogP contribution is -2.41. The Hall–Kier alpha value is -1.55. The van der Waals surface area contributed by atoms with Crippen LogP contribution in [0.4, 0.5) is 10.5 Å². The van der Waals surface area contributed by atoms with E-state index in [1.54, 1.807) is 0 Å².